The SMILES string of the molecule is COc1ccc(COC(=O)N2C[C@H](C(C)(C)C)C(C)(C)[C@@]2(CNC(=O)OCc2ccc([N+](=O)[O-])cc2)O[SiH3])cc1. The lowest BCUT2D eigenvalue weighted by Gasteiger charge is -2.48. The largest absolute Gasteiger partial charge is 0.497 e. The smallest absolute Gasteiger partial charge is 0.412 e. The number of methoxy groups -OCH3 is 1. The van der Waals surface area contributed by atoms with Crippen molar-refractivity contribution in [1.82, 2.24) is 10.2 Å². The number of alkyl carbamates (subject to hydrolysis) is 1. The van der Waals surface area contributed by atoms with Gasteiger partial charge in [-0.2, -0.15) is 0 Å². The fourth-order valence-electron chi connectivity index (χ4n) is 5.58. The Kier molecular flexibility index (Phi) is 9.46. The summed E-state index contributed by atoms with van der Waals surface area (Å²) in [5.74, 6) is 0.736. The van der Waals surface area contributed by atoms with Crippen LogP contribution in [0.5, 0.6) is 5.75 Å². The normalized spacial score (nSPS) is 20.1. The standard InChI is InChI=1S/C28H39N3O8Si/c1-26(2,3)23-15-30(25(33)38-17-20-9-13-22(36-6)14-10-20)28(39-40,27(23,4)5)18-29-24(32)37-16-19-7-11-21(12-8-19)31(34)35/h7-14,23H,15-18H2,1-6,40H3,(H,29,32)/t23-,28-/m1/s1. The van der Waals surface area contributed by atoms with E-state index >= 15 is 0 Å². The van der Waals surface area contributed by atoms with Gasteiger partial charge < -0.3 is 24.0 Å². The minimum atomic E-state index is -1.17. The lowest BCUT2D eigenvalue weighted by molar-refractivity contribution is -0.384. The van der Waals surface area contributed by atoms with Crippen molar-refractivity contribution in [3.63, 3.8) is 0 Å². The molecule has 218 valence electrons. The second-order valence-electron chi connectivity index (χ2n) is 11.5. The van der Waals surface area contributed by atoms with E-state index in [9.17, 15) is 19.7 Å². The Hall–Kier alpha value is -3.64. The molecule has 1 aliphatic heterocycles. The first-order valence-corrected chi connectivity index (χ1v) is 13.8. The first-order chi connectivity index (χ1) is 18.7. The number of non-ortho nitro benzene ring substituents is 1. The van der Waals surface area contributed by atoms with E-state index in [0.717, 1.165) is 5.56 Å². The van der Waals surface area contributed by atoms with Gasteiger partial charge >= 0.3 is 12.2 Å². The van der Waals surface area contributed by atoms with E-state index in [1.54, 1.807) is 24.1 Å². The molecule has 0 bridgehead atoms. The predicted octanol–water partition coefficient (Wildman–Crippen LogP) is 4.16. The summed E-state index contributed by atoms with van der Waals surface area (Å²) < 4.78 is 22.5. The zero-order chi connectivity index (χ0) is 29.7. The Labute approximate surface area is 237 Å². The Bertz CT molecular complexity index is 1200. The van der Waals surface area contributed by atoms with E-state index in [1.807, 2.05) is 26.0 Å². The summed E-state index contributed by atoms with van der Waals surface area (Å²) in [5.41, 5.74) is -0.526. The molecule has 1 fully saturated rings. The average molecular weight is 574 g/mol. The number of likely N-dealkylation sites (tertiary alicyclic amines) is 1. The maximum Gasteiger partial charge on any atom is 0.412 e. The van der Waals surface area contributed by atoms with Crippen molar-refractivity contribution in [2.75, 3.05) is 20.2 Å². The minimum absolute atomic E-state index is 0.00713. The van der Waals surface area contributed by atoms with E-state index in [0.29, 0.717) is 28.3 Å². The van der Waals surface area contributed by atoms with Crippen LogP contribution in [0, 0.1) is 26.9 Å². The van der Waals surface area contributed by atoms with Crippen molar-refractivity contribution in [2.45, 2.75) is 53.6 Å². The maximum atomic E-state index is 13.5. The summed E-state index contributed by atoms with van der Waals surface area (Å²) >= 11 is 0. The van der Waals surface area contributed by atoms with Crippen molar-refractivity contribution in [3.8, 4) is 5.75 Å². The lowest BCUT2D eigenvalue weighted by atomic mass is 9.64. The summed E-state index contributed by atoms with van der Waals surface area (Å²) in [4.78, 5) is 38.2. The Morgan fingerprint density at radius 3 is 2.10 bits per heavy atom. The van der Waals surface area contributed by atoms with Gasteiger partial charge in [0.05, 0.1) is 18.6 Å². The number of hydrogen-bond donors (Lipinski definition) is 1. The molecule has 40 heavy (non-hydrogen) atoms. The number of nitro benzene ring substituents is 1. The maximum absolute atomic E-state index is 13.5. The molecule has 12 heteroatoms. The van der Waals surface area contributed by atoms with Gasteiger partial charge in [0.25, 0.3) is 5.69 Å². The van der Waals surface area contributed by atoms with E-state index < -0.39 is 28.2 Å². The molecule has 0 aliphatic carbocycles. The average Bonchev–Trinajstić information content (AvgIpc) is 3.16. The van der Waals surface area contributed by atoms with Crippen LogP contribution in [0.4, 0.5) is 15.3 Å². The molecule has 1 saturated heterocycles. The highest BCUT2D eigenvalue weighted by Crippen LogP contribution is 2.55. The summed E-state index contributed by atoms with van der Waals surface area (Å²) in [6.45, 7) is 10.8. The molecule has 0 spiro atoms. The van der Waals surface area contributed by atoms with Gasteiger partial charge in [-0.3, -0.25) is 15.0 Å². The van der Waals surface area contributed by atoms with E-state index in [4.69, 9.17) is 18.6 Å². The molecule has 2 aromatic rings. The molecule has 0 radical (unpaired) electrons. The highest BCUT2D eigenvalue weighted by molar-refractivity contribution is 5.98. The number of carbonyl (C=O) groups is 2. The molecule has 11 nitrogen and oxygen atoms in total. The molecule has 0 unspecified atom stereocenters. The number of hydrogen-bond acceptors (Lipinski definition) is 8. The molecule has 2 aromatic carbocycles. The first kappa shape index (κ1) is 30.9. The third kappa shape index (κ3) is 6.56. The van der Waals surface area contributed by atoms with Gasteiger partial charge in [0.1, 0.15) is 29.4 Å². The first-order valence-electron chi connectivity index (χ1n) is 13.0. The molecule has 1 N–H and O–H groups in total. The van der Waals surface area contributed by atoms with Gasteiger partial charge in [-0.05, 0) is 46.7 Å². The van der Waals surface area contributed by atoms with Crippen LogP contribution in [-0.2, 0) is 27.1 Å². The van der Waals surface area contributed by atoms with Crippen LogP contribution in [0.25, 0.3) is 0 Å². The van der Waals surface area contributed by atoms with E-state index in [2.05, 4.69) is 26.1 Å². The number of benzene rings is 2. The molecule has 0 aromatic heterocycles. The second kappa shape index (κ2) is 12.3. The third-order valence-electron chi connectivity index (χ3n) is 7.79. The quantitative estimate of drug-likeness (QED) is 0.269. The van der Waals surface area contributed by atoms with Crippen molar-refractivity contribution in [3.05, 3.63) is 69.8 Å². The predicted molar refractivity (Wildman–Crippen MR) is 152 cm³/mol. The number of ether oxygens (including phenoxy) is 3. The Balaban J connectivity index is 1.75. The number of nitrogens with zero attached hydrogens (tertiary/aromatic N) is 2. The number of amides is 2. The van der Waals surface area contributed by atoms with Gasteiger partial charge in [-0.1, -0.05) is 46.8 Å². The Morgan fingerprint density at radius 2 is 1.60 bits per heavy atom. The van der Waals surface area contributed by atoms with Gasteiger partial charge in [0, 0.05) is 24.1 Å². The van der Waals surface area contributed by atoms with Gasteiger partial charge in [-0.25, -0.2) is 9.59 Å². The Morgan fingerprint density at radius 1 is 1.05 bits per heavy atom. The molecule has 3 rings (SSSR count). The van der Waals surface area contributed by atoms with Gasteiger partial charge in [0.15, 0.2) is 5.72 Å². The van der Waals surface area contributed by atoms with Crippen molar-refractivity contribution >= 4 is 28.4 Å². The summed E-state index contributed by atoms with van der Waals surface area (Å²) in [5, 5.41) is 13.6. The summed E-state index contributed by atoms with van der Waals surface area (Å²) in [6.07, 6.45) is -1.23. The van der Waals surface area contributed by atoms with Gasteiger partial charge in [0.2, 0.25) is 0 Å². The highest BCUT2D eigenvalue weighted by atomic mass is 28.2. The summed E-state index contributed by atoms with van der Waals surface area (Å²) in [7, 11) is 1.88. The van der Waals surface area contributed by atoms with E-state index in [-0.39, 0.29) is 36.8 Å². The molecule has 2 atom stereocenters. The van der Waals surface area contributed by atoms with Crippen LogP contribution in [0.2, 0.25) is 0 Å². The van der Waals surface area contributed by atoms with Crippen LogP contribution in [0.15, 0.2) is 48.5 Å². The van der Waals surface area contributed by atoms with Crippen molar-refractivity contribution in [2.24, 2.45) is 16.7 Å². The third-order valence-corrected chi connectivity index (χ3v) is 8.47. The van der Waals surface area contributed by atoms with Crippen molar-refractivity contribution in [1.29, 1.82) is 0 Å². The number of rotatable bonds is 9. The minimum Gasteiger partial charge on any atom is -0.497 e. The van der Waals surface area contributed by atoms with Crippen LogP contribution < -0.4 is 10.1 Å². The summed E-state index contributed by atoms with van der Waals surface area (Å²) in [6, 6.07) is 13.0. The topological polar surface area (TPSA) is 129 Å². The molecular formula is C28H39N3O8Si. The zero-order valence-corrected chi connectivity index (χ0v) is 26.2. The fraction of sp³-hybridized carbons (Fsp3) is 0.500. The highest BCUT2D eigenvalue weighted by Gasteiger charge is 2.64. The number of carbonyl (C=O) groups excluding carboxylic acids is 2. The fourth-order valence-corrected chi connectivity index (χ4v) is 6.47. The van der Waals surface area contributed by atoms with Crippen LogP contribution in [0.1, 0.15) is 45.7 Å². The van der Waals surface area contributed by atoms with Crippen molar-refractivity contribution < 1.29 is 33.1 Å². The molecular weight excluding hydrogens is 534 g/mol. The monoisotopic (exact) mass is 573 g/mol. The number of nitrogens with one attached hydrogen (secondary N) is 1. The molecule has 2 amide bonds. The number of nitro groups is 1. The van der Waals surface area contributed by atoms with Crippen LogP contribution in [0.3, 0.4) is 0 Å². The lowest BCUT2D eigenvalue weighted by Crippen LogP contribution is -2.62. The van der Waals surface area contributed by atoms with E-state index in [1.165, 1.54) is 24.3 Å². The van der Waals surface area contributed by atoms with Gasteiger partial charge in [-0.15, -0.1) is 0 Å². The van der Waals surface area contributed by atoms with Crippen LogP contribution >= 0.6 is 0 Å². The molecule has 1 heterocycles. The molecule has 1 aliphatic rings. The second-order valence-corrected chi connectivity index (χ2v) is 11.9. The molecule has 0 saturated carbocycles. The van der Waals surface area contributed by atoms with Crippen LogP contribution in [-0.4, -0.2) is 58.4 Å². The zero-order valence-electron chi connectivity index (χ0n) is 24.2.